The van der Waals surface area contributed by atoms with Gasteiger partial charge in [-0.15, -0.1) is 0 Å². The van der Waals surface area contributed by atoms with Gasteiger partial charge in [-0.3, -0.25) is 5.10 Å². The van der Waals surface area contributed by atoms with E-state index >= 15 is 0 Å². The molecule has 4 nitrogen and oxygen atoms in total. The van der Waals surface area contributed by atoms with Crippen molar-refractivity contribution >= 4 is 5.69 Å². The van der Waals surface area contributed by atoms with Crippen molar-refractivity contribution in [3.05, 3.63) is 60.6 Å². The van der Waals surface area contributed by atoms with Gasteiger partial charge in [-0.1, -0.05) is 12.1 Å². The second-order valence-electron chi connectivity index (χ2n) is 4.12. The molecule has 90 valence electrons. The Bertz CT molecular complexity index is 579. The number of nitrogens with one attached hydrogen (secondary N) is 3. The minimum absolute atomic E-state index is 0.826. The van der Waals surface area contributed by atoms with Crippen LogP contribution in [-0.2, 0) is 6.54 Å². The Kier molecular flexibility index (Phi) is 2.84. The Balaban J connectivity index is 1.68. The zero-order valence-corrected chi connectivity index (χ0v) is 9.85. The van der Waals surface area contributed by atoms with Crippen LogP contribution in [0.3, 0.4) is 0 Å². The first-order valence-corrected chi connectivity index (χ1v) is 5.87. The molecular formula is C14H14N4. The number of hydrogen-bond donors (Lipinski definition) is 3. The topological polar surface area (TPSA) is 56.5 Å². The molecule has 18 heavy (non-hydrogen) atoms. The molecule has 2 aromatic heterocycles. The number of aromatic nitrogens is 3. The van der Waals surface area contributed by atoms with Gasteiger partial charge in [0.2, 0.25) is 0 Å². The first-order valence-electron chi connectivity index (χ1n) is 5.87. The van der Waals surface area contributed by atoms with Crippen molar-refractivity contribution in [3.63, 3.8) is 0 Å². The van der Waals surface area contributed by atoms with E-state index in [0.29, 0.717) is 0 Å². The summed E-state index contributed by atoms with van der Waals surface area (Å²) in [5.41, 5.74) is 4.53. The fourth-order valence-electron chi connectivity index (χ4n) is 1.86. The summed E-state index contributed by atoms with van der Waals surface area (Å²) in [6.45, 7) is 0.826. The minimum atomic E-state index is 0.826. The Morgan fingerprint density at radius 1 is 1.06 bits per heavy atom. The molecule has 4 heteroatoms. The summed E-state index contributed by atoms with van der Waals surface area (Å²) in [7, 11) is 0. The highest BCUT2D eigenvalue weighted by atomic mass is 15.1. The molecule has 3 rings (SSSR count). The molecule has 1 aromatic carbocycles. The molecule has 0 aliphatic heterocycles. The lowest BCUT2D eigenvalue weighted by atomic mass is 10.1. The summed E-state index contributed by atoms with van der Waals surface area (Å²) in [5, 5.41) is 10.3. The number of hydrogen-bond acceptors (Lipinski definition) is 2. The molecule has 0 spiro atoms. The summed E-state index contributed by atoms with van der Waals surface area (Å²) < 4.78 is 0. The predicted octanol–water partition coefficient (Wildman–Crippen LogP) is 3.02. The summed E-state index contributed by atoms with van der Waals surface area (Å²) in [6, 6.07) is 12.3. The Hall–Kier alpha value is -2.49. The highest BCUT2D eigenvalue weighted by Crippen LogP contribution is 2.19. The Morgan fingerprint density at radius 3 is 2.61 bits per heavy atom. The second kappa shape index (κ2) is 4.79. The van der Waals surface area contributed by atoms with E-state index in [0.717, 1.165) is 23.5 Å². The number of H-pyrrole nitrogens is 2. The quantitative estimate of drug-likeness (QED) is 0.654. The van der Waals surface area contributed by atoms with Crippen LogP contribution in [0.4, 0.5) is 5.69 Å². The molecule has 0 saturated carbocycles. The van der Waals surface area contributed by atoms with Crippen LogP contribution in [0.2, 0.25) is 0 Å². The minimum Gasteiger partial charge on any atom is -0.381 e. The highest BCUT2D eigenvalue weighted by Gasteiger charge is 1.99. The summed E-state index contributed by atoms with van der Waals surface area (Å²) in [6.07, 6.45) is 5.68. The number of benzene rings is 1. The van der Waals surface area contributed by atoms with Crippen molar-refractivity contribution in [1.29, 1.82) is 0 Å². The Morgan fingerprint density at radius 2 is 1.94 bits per heavy atom. The molecule has 2 heterocycles. The highest BCUT2D eigenvalue weighted by molar-refractivity contribution is 5.62. The zero-order chi connectivity index (χ0) is 12.2. The molecule has 0 fully saturated rings. The van der Waals surface area contributed by atoms with Crippen molar-refractivity contribution in [3.8, 4) is 11.3 Å². The molecule has 0 radical (unpaired) electrons. The average molecular weight is 238 g/mol. The number of aromatic amines is 2. The van der Waals surface area contributed by atoms with Crippen molar-refractivity contribution in [2.24, 2.45) is 0 Å². The standard InChI is InChI=1S/C14H14N4/c1-3-13(16-10-11-5-7-15-9-11)4-2-12(1)14-6-8-17-18-14/h1-9,15-16H,10H2,(H,17,18). The SMILES string of the molecule is c1cc(-c2ccc(NCc3cc[nH]c3)cc2)[nH]n1. The maximum absolute atomic E-state index is 3.95. The van der Waals surface area contributed by atoms with Crippen LogP contribution >= 0.6 is 0 Å². The van der Waals surface area contributed by atoms with Crippen molar-refractivity contribution in [2.45, 2.75) is 6.54 Å². The molecule has 3 N–H and O–H groups in total. The predicted molar refractivity (Wildman–Crippen MR) is 72.1 cm³/mol. The Labute approximate surface area is 105 Å². The van der Waals surface area contributed by atoms with Gasteiger partial charge in [-0.25, -0.2) is 0 Å². The van der Waals surface area contributed by atoms with Gasteiger partial charge in [0, 0.05) is 30.8 Å². The number of anilines is 1. The van der Waals surface area contributed by atoms with Gasteiger partial charge in [-0.05, 0) is 35.4 Å². The zero-order valence-electron chi connectivity index (χ0n) is 9.85. The van der Waals surface area contributed by atoms with Crippen LogP contribution in [0.15, 0.2) is 55.0 Å². The van der Waals surface area contributed by atoms with E-state index in [-0.39, 0.29) is 0 Å². The third kappa shape index (κ3) is 2.27. The third-order valence-electron chi connectivity index (χ3n) is 2.86. The number of rotatable bonds is 4. The van der Waals surface area contributed by atoms with Crippen LogP contribution in [0.5, 0.6) is 0 Å². The van der Waals surface area contributed by atoms with Crippen LogP contribution < -0.4 is 5.32 Å². The maximum Gasteiger partial charge on any atom is 0.0650 e. The first kappa shape index (κ1) is 10.7. The van der Waals surface area contributed by atoms with E-state index in [9.17, 15) is 0 Å². The average Bonchev–Trinajstić information content (AvgIpc) is 3.10. The molecule has 3 aromatic rings. The monoisotopic (exact) mass is 238 g/mol. The lowest BCUT2D eigenvalue weighted by Crippen LogP contribution is -1.97. The van der Waals surface area contributed by atoms with Crippen LogP contribution in [-0.4, -0.2) is 15.2 Å². The normalized spacial score (nSPS) is 10.4. The van der Waals surface area contributed by atoms with Crippen LogP contribution in [0, 0.1) is 0 Å². The van der Waals surface area contributed by atoms with Gasteiger partial charge in [0.05, 0.1) is 5.69 Å². The molecule has 0 aliphatic rings. The van der Waals surface area contributed by atoms with Gasteiger partial charge in [0.1, 0.15) is 0 Å². The van der Waals surface area contributed by atoms with Crippen molar-refractivity contribution in [1.82, 2.24) is 15.2 Å². The second-order valence-corrected chi connectivity index (χ2v) is 4.12. The first-order chi connectivity index (χ1) is 8.92. The van der Waals surface area contributed by atoms with E-state index in [1.54, 1.807) is 6.20 Å². The largest absolute Gasteiger partial charge is 0.381 e. The van der Waals surface area contributed by atoms with Gasteiger partial charge in [0.15, 0.2) is 0 Å². The molecule has 0 saturated heterocycles. The lowest BCUT2D eigenvalue weighted by Gasteiger charge is -2.05. The molecule has 0 bridgehead atoms. The summed E-state index contributed by atoms with van der Waals surface area (Å²) in [4.78, 5) is 3.04. The fraction of sp³-hybridized carbons (Fsp3) is 0.0714. The van der Waals surface area contributed by atoms with Crippen molar-refractivity contribution < 1.29 is 0 Å². The molecule has 0 amide bonds. The van der Waals surface area contributed by atoms with E-state index < -0.39 is 0 Å². The fourth-order valence-corrected chi connectivity index (χ4v) is 1.86. The molecule has 0 unspecified atom stereocenters. The molecular weight excluding hydrogens is 224 g/mol. The van der Waals surface area contributed by atoms with E-state index in [4.69, 9.17) is 0 Å². The molecule has 0 aliphatic carbocycles. The van der Waals surface area contributed by atoms with E-state index in [1.165, 1.54) is 5.56 Å². The van der Waals surface area contributed by atoms with E-state index in [1.807, 2.05) is 18.5 Å². The van der Waals surface area contributed by atoms with Crippen molar-refractivity contribution in [2.75, 3.05) is 5.32 Å². The number of nitrogens with zero attached hydrogens (tertiary/aromatic N) is 1. The van der Waals surface area contributed by atoms with Crippen LogP contribution in [0.1, 0.15) is 5.56 Å². The van der Waals surface area contributed by atoms with Gasteiger partial charge in [0.25, 0.3) is 0 Å². The van der Waals surface area contributed by atoms with E-state index in [2.05, 4.69) is 50.8 Å². The third-order valence-corrected chi connectivity index (χ3v) is 2.86. The van der Waals surface area contributed by atoms with Gasteiger partial charge < -0.3 is 10.3 Å². The molecule has 0 atom stereocenters. The maximum atomic E-state index is 3.95. The summed E-state index contributed by atoms with van der Waals surface area (Å²) >= 11 is 0. The smallest absolute Gasteiger partial charge is 0.0650 e. The van der Waals surface area contributed by atoms with Gasteiger partial charge >= 0.3 is 0 Å². The lowest BCUT2D eigenvalue weighted by molar-refractivity contribution is 1.09. The summed E-state index contributed by atoms with van der Waals surface area (Å²) in [5.74, 6) is 0. The van der Waals surface area contributed by atoms with Crippen LogP contribution in [0.25, 0.3) is 11.3 Å². The van der Waals surface area contributed by atoms with Gasteiger partial charge in [-0.2, -0.15) is 5.10 Å².